The Morgan fingerprint density at radius 3 is 2.19 bits per heavy atom. The van der Waals surface area contributed by atoms with Crippen LogP contribution in [0.3, 0.4) is 0 Å². The molecule has 0 fully saturated rings. The Balaban J connectivity index is 3.38. The van der Waals surface area contributed by atoms with E-state index in [4.69, 9.17) is 5.73 Å². The summed E-state index contributed by atoms with van der Waals surface area (Å²) in [6.45, 7) is 6.13. The van der Waals surface area contributed by atoms with Crippen molar-refractivity contribution in [2.45, 2.75) is 25.7 Å². The fourth-order valence-corrected chi connectivity index (χ4v) is 3.37. The van der Waals surface area contributed by atoms with Crippen molar-refractivity contribution in [3.05, 3.63) is 5.69 Å². The summed E-state index contributed by atoms with van der Waals surface area (Å²) in [7, 11) is -1.84. The zero-order valence-electron chi connectivity index (χ0n) is 10.1. The van der Waals surface area contributed by atoms with Crippen LogP contribution in [0.1, 0.15) is 19.5 Å². The lowest BCUT2D eigenvalue weighted by Crippen LogP contribution is -2.31. The topological polar surface area (TPSA) is 81.2 Å². The van der Waals surface area contributed by atoms with Crippen molar-refractivity contribution in [3.63, 3.8) is 0 Å². The fourth-order valence-electron chi connectivity index (χ4n) is 1.63. The Hall–Kier alpha value is -1.08. The largest absolute Gasteiger partial charge is 0.381 e. The second-order valence-corrected chi connectivity index (χ2v) is 5.39. The smallest absolute Gasteiger partial charge is 0.248 e. The molecule has 0 unspecified atom stereocenters. The highest BCUT2D eigenvalue weighted by Gasteiger charge is 2.29. The van der Waals surface area contributed by atoms with E-state index in [1.807, 2.05) is 0 Å². The molecule has 0 radical (unpaired) electrons. The average Bonchev–Trinajstić information content (AvgIpc) is 2.42. The van der Waals surface area contributed by atoms with Gasteiger partial charge < -0.3 is 5.73 Å². The number of nitrogen functional groups attached to an aromatic ring is 1. The van der Waals surface area contributed by atoms with Gasteiger partial charge in [-0.25, -0.2) is 8.42 Å². The highest BCUT2D eigenvalue weighted by atomic mass is 32.2. The minimum Gasteiger partial charge on any atom is -0.381 e. The van der Waals surface area contributed by atoms with Gasteiger partial charge in [-0.05, 0) is 6.92 Å². The van der Waals surface area contributed by atoms with E-state index in [2.05, 4.69) is 5.10 Å². The monoisotopic (exact) mass is 246 g/mol. The molecule has 0 aliphatic rings. The number of sulfonamides is 1. The maximum Gasteiger partial charge on any atom is 0.248 e. The number of nitrogens with two attached hydrogens (primary N) is 1. The lowest BCUT2D eigenvalue weighted by atomic mass is 10.5. The predicted molar refractivity (Wildman–Crippen MR) is 62.5 cm³/mol. The summed E-state index contributed by atoms with van der Waals surface area (Å²) in [5, 5.41) is 3.92. The first kappa shape index (κ1) is 13.0. The number of aryl methyl sites for hydroxylation is 1. The quantitative estimate of drug-likeness (QED) is 0.830. The summed E-state index contributed by atoms with van der Waals surface area (Å²) in [6, 6.07) is 0. The predicted octanol–water partition coefficient (Wildman–Crippen LogP) is 0.341. The summed E-state index contributed by atoms with van der Waals surface area (Å²) >= 11 is 0. The Kier molecular flexibility index (Phi) is 3.59. The molecule has 1 aromatic heterocycles. The standard InChI is InChI=1S/C9H18N4O2S/c1-5-13(6-2)16(14,15)8-7(3)12(4)11-9(8)10/h5-6H2,1-4H3,(H2,10,11). The molecule has 1 heterocycles. The van der Waals surface area contributed by atoms with Crippen LogP contribution in [0.4, 0.5) is 5.82 Å². The zero-order chi connectivity index (χ0) is 12.5. The lowest BCUT2D eigenvalue weighted by Gasteiger charge is -2.18. The Bertz CT molecular complexity index is 474. The van der Waals surface area contributed by atoms with E-state index in [0.29, 0.717) is 18.8 Å². The van der Waals surface area contributed by atoms with E-state index in [-0.39, 0.29) is 10.7 Å². The Labute approximate surface area is 96.1 Å². The summed E-state index contributed by atoms with van der Waals surface area (Å²) < 4.78 is 27.3. The van der Waals surface area contributed by atoms with E-state index >= 15 is 0 Å². The molecule has 0 aromatic carbocycles. The molecule has 0 spiro atoms. The second kappa shape index (κ2) is 4.42. The second-order valence-electron chi connectivity index (χ2n) is 3.51. The highest BCUT2D eigenvalue weighted by Crippen LogP contribution is 2.24. The first-order valence-electron chi connectivity index (χ1n) is 5.15. The molecule has 0 aliphatic carbocycles. The molecule has 92 valence electrons. The van der Waals surface area contributed by atoms with Gasteiger partial charge in [0.05, 0.1) is 5.69 Å². The number of hydrogen-bond acceptors (Lipinski definition) is 4. The van der Waals surface area contributed by atoms with E-state index in [1.54, 1.807) is 27.8 Å². The summed E-state index contributed by atoms with van der Waals surface area (Å²) in [6.07, 6.45) is 0. The van der Waals surface area contributed by atoms with Crippen LogP contribution >= 0.6 is 0 Å². The van der Waals surface area contributed by atoms with Crippen molar-refractivity contribution in [1.29, 1.82) is 0 Å². The van der Waals surface area contributed by atoms with Gasteiger partial charge in [0, 0.05) is 20.1 Å². The molecule has 0 atom stereocenters. The van der Waals surface area contributed by atoms with Crippen molar-refractivity contribution >= 4 is 15.8 Å². The number of aromatic nitrogens is 2. The van der Waals surface area contributed by atoms with Crippen molar-refractivity contribution in [3.8, 4) is 0 Å². The molecule has 16 heavy (non-hydrogen) atoms. The summed E-state index contributed by atoms with van der Waals surface area (Å²) in [5.41, 5.74) is 6.20. The van der Waals surface area contributed by atoms with Gasteiger partial charge >= 0.3 is 0 Å². The van der Waals surface area contributed by atoms with Gasteiger partial charge in [-0.15, -0.1) is 0 Å². The van der Waals surface area contributed by atoms with E-state index in [9.17, 15) is 8.42 Å². The van der Waals surface area contributed by atoms with Crippen LogP contribution in [0.25, 0.3) is 0 Å². The van der Waals surface area contributed by atoms with Crippen LogP contribution in [0.15, 0.2) is 4.90 Å². The first-order chi connectivity index (χ1) is 7.36. The molecular weight excluding hydrogens is 228 g/mol. The highest BCUT2D eigenvalue weighted by molar-refractivity contribution is 7.89. The number of anilines is 1. The van der Waals surface area contributed by atoms with Crippen LogP contribution in [-0.2, 0) is 17.1 Å². The maximum absolute atomic E-state index is 12.2. The zero-order valence-corrected chi connectivity index (χ0v) is 10.9. The molecule has 0 amide bonds. The van der Waals surface area contributed by atoms with Gasteiger partial charge in [-0.2, -0.15) is 9.40 Å². The number of rotatable bonds is 4. The van der Waals surface area contributed by atoms with Crippen molar-refractivity contribution in [1.82, 2.24) is 14.1 Å². The Morgan fingerprint density at radius 1 is 1.38 bits per heavy atom. The average molecular weight is 246 g/mol. The minimum absolute atomic E-state index is 0.0619. The van der Waals surface area contributed by atoms with Crippen LogP contribution < -0.4 is 5.73 Å². The third-order valence-electron chi connectivity index (χ3n) is 2.61. The normalized spacial score (nSPS) is 12.3. The van der Waals surface area contributed by atoms with Gasteiger partial charge in [0.1, 0.15) is 4.90 Å². The van der Waals surface area contributed by atoms with Crippen LogP contribution in [-0.4, -0.2) is 35.6 Å². The van der Waals surface area contributed by atoms with Gasteiger partial charge in [0.25, 0.3) is 0 Å². The molecule has 6 nitrogen and oxygen atoms in total. The van der Waals surface area contributed by atoms with Crippen molar-refractivity contribution in [2.24, 2.45) is 7.05 Å². The van der Waals surface area contributed by atoms with Gasteiger partial charge in [0.15, 0.2) is 5.82 Å². The molecule has 0 aliphatic heterocycles. The molecule has 2 N–H and O–H groups in total. The van der Waals surface area contributed by atoms with Crippen molar-refractivity contribution < 1.29 is 8.42 Å². The molecule has 0 bridgehead atoms. The van der Waals surface area contributed by atoms with E-state index < -0.39 is 10.0 Å². The molecule has 1 rings (SSSR count). The third-order valence-corrected chi connectivity index (χ3v) is 4.82. The first-order valence-corrected chi connectivity index (χ1v) is 6.59. The van der Waals surface area contributed by atoms with Gasteiger partial charge in [0.2, 0.25) is 10.0 Å². The molecule has 1 aromatic rings. The fraction of sp³-hybridized carbons (Fsp3) is 0.667. The molecule has 7 heteroatoms. The van der Waals surface area contributed by atoms with Crippen LogP contribution in [0.5, 0.6) is 0 Å². The van der Waals surface area contributed by atoms with Crippen molar-refractivity contribution in [2.75, 3.05) is 18.8 Å². The van der Waals surface area contributed by atoms with E-state index in [0.717, 1.165) is 0 Å². The minimum atomic E-state index is -3.52. The summed E-state index contributed by atoms with van der Waals surface area (Å²) in [4.78, 5) is 0.124. The van der Waals surface area contributed by atoms with Gasteiger partial charge in [-0.3, -0.25) is 4.68 Å². The van der Waals surface area contributed by atoms with Gasteiger partial charge in [-0.1, -0.05) is 13.8 Å². The van der Waals surface area contributed by atoms with Crippen LogP contribution in [0.2, 0.25) is 0 Å². The Morgan fingerprint density at radius 2 is 1.88 bits per heavy atom. The third kappa shape index (κ3) is 1.92. The number of nitrogens with zero attached hydrogens (tertiary/aromatic N) is 3. The SMILES string of the molecule is CCN(CC)S(=O)(=O)c1c(N)nn(C)c1C. The van der Waals surface area contributed by atoms with E-state index in [1.165, 1.54) is 8.99 Å². The molecule has 0 saturated heterocycles. The molecular formula is C9H18N4O2S. The lowest BCUT2D eigenvalue weighted by molar-refractivity contribution is 0.445. The summed E-state index contributed by atoms with van der Waals surface area (Å²) in [5.74, 6) is 0.0619. The number of hydrogen-bond donors (Lipinski definition) is 1. The maximum atomic E-state index is 12.2. The van der Waals surface area contributed by atoms with Crippen LogP contribution in [0, 0.1) is 6.92 Å². The molecule has 0 saturated carbocycles.